The summed E-state index contributed by atoms with van der Waals surface area (Å²) in [4.78, 5) is 66.2. The van der Waals surface area contributed by atoms with Crippen LogP contribution in [0.3, 0.4) is 0 Å². The van der Waals surface area contributed by atoms with Crippen molar-refractivity contribution < 1.29 is 38.5 Å². The quantitative estimate of drug-likeness (QED) is 0.0369. The molecule has 13 heteroatoms. The van der Waals surface area contributed by atoms with Crippen LogP contribution < -0.4 is 16.1 Å². The van der Waals surface area contributed by atoms with Gasteiger partial charge in [0.2, 0.25) is 5.78 Å². The van der Waals surface area contributed by atoms with Gasteiger partial charge in [-0.05, 0) is 104 Å². The second-order valence-corrected chi connectivity index (χ2v) is 16.6. The number of nitrogens with zero attached hydrogens (tertiary/aromatic N) is 1. The number of thiocarbonyl (C=S) groups is 1. The van der Waals surface area contributed by atoms with Gasteiger partial charge >= 0.3 is 11.9 Å². The molecule has 2 atom stereocenters. The van der Waals surface area contributed by atoms with Gasteiger partial charge < -0.3 is 34.9 Å². The number of aromatic hydroxyl groups is 1. The molecular weight excluding hydrogens is 771 g/mol. The number of carbonyl (C=O) groups is 4. The summed E-state index contributed by atoms with van der Waals surface area (Å²) in [6, 6.07) is 22.8. The summed E-state index contributed by atoms with van der Waals surface area (Å²) in [5, 5.41) is 27.5. The first-order chi connectivity index (χ1) is 28.2. The third-order valence-electron chi connectivity index (χ3n) is 10.3. The van der Waals surface area contributed by atoms with E-state index in [0.717, 1.165) is 24.8 Å². The number of phenols is 1. The lowest BCUT2D eigenvalue weighted by molar-refractivity contribution is -0.163. The molecule has 0 radical (unpaired) electrons. The molecule has 6 rings (SSSR count). The number of amides is 1. The predicted molar refractivity (Wildman–Crippen MR) is 230 cm³/mol. The van der Waals surface area contributed by atoms with Crippen molar-refractivity contribution in [1.29, 1.82) is 0 Å². The first-order valence-electron chi connectivity index (χ1n) is 19.9. The summed E-state index contributed by atoms with van der Waals surface area (Å²) >= 11 is 5.60. The third kappa shape index (κ3) is 10.9. The maximum atomic E-state index is 13.7. The van der Waals surface area contributed by atoms with Crippen molar-refractivity contribution >= 4 is 57.6 Å². The van der Waals surface area contributed by atoms with E-state index >= 15 is 0 Å². The molecule has 0 aromatic heterocycles. The van der Waals surface area contributed by atoms with E-state index in [-0.39, 0.29) is 45.0 Å². The molecule has 2 heterocycles. The molecule has 2 aliphatic heterocycles. The largest absolute Gasteiger partial charge is 0.508 e. The Morgan fingerprint density at radius 3 is 2.46 bits per heavy atom. The monoisotopic (exact) mass is 819 g/mol. The zero-order valence-corrected chi connectivity index (χ0v) is 34.2. The molecule has 1 fully saturated rings. The summed E-state index contributed by atoms with van der Waals surface area (Å²) in [5.74, 6) is -2.67. The number of carbonyl (C=O) groups excluding carboxylic acids is 3. The van der Waals surface area contributed by atoms with Gasteiger partial charge in [-0.1, -0.05) is 57.2 Å². The van der Waals surface area contributed by atoms with E-state index in [4.69, 9.17) is 21.4 Å². The highest BCUT2D eigenvalue weighted by molar-refractivity contribution is 7.80. The number of anilines is 1. The van der Waals surface area contributed by atoms with Crippen LogP contribution in [0.2, 0.25) is 0 Å². The molecule has 59 heavy (non-hydrogen) atoms. The number of fused-ring (bicyclic) bond motifs is 2. The number of esters is 1. The first-order valence-corrected chi connectivity index (χ1v) is 20.3. The fourth-order valence-corrected chi connectivity index (χ4v) is 7.73. The van der Waals surface area contributed by atoms with Crippen LogP contribution >= 0.6 is 12.2 Å². The van der Waals surface area contributed by atoms with Crippen molar-refractivity contribution in [3.8, 4) is 28.2 Å². The Labute approximate surface area is 347 Å². The molecule has 3 aromatic carbocycles. The molecule has 1 amide bonds. The molecule has 1 saturated heterocycles. The van der Waals surface area contributed by atoms with E-state index in [1.165, 1.54) is 35.2 Å². The van der Waals surface area contributed by atoms with Gasteiger partial charge in [-0.3, -0.25) is 14.4 Å². The Morgan fingerprint density at radius 1 is 0.949 bits per heavy atom. The lowest BCUT2D eigenvalue weighted by Crippen LogP contribution is -2.52. The molecule has 12 nitrogen and oxygen atoms in total. The van der Waals surface area contributed by atoms with Crippen LogP contribution in [0.25, 0.3) is 33.4 Å². The third-order valence-corrected chi connectivity index (χ3v) is 10.5. The maximum absolute atomic E-state index is 13.7. The Kier molecular flexibility index (Phi) is 13.5. The number of carboxylic acids is 1. The van der Waals surface area contributed by atoms with Crippen molar-refractivity contribution in [3.63, 3.8) is 0 Å². The van der Waals surface area contributed by atoms with E-state index in [2.05, 4.69) is 10.6 Å². The fraction of sp³-hybridized carbons (Fsp3) is 0.348. The molecule has 0 spiro atoms. The number of phenolic OH excluding ortho intramolecular Hbond substituents is 1. The molecule has 1 aliphatic carbocycles. The highest BCUT2D eigenvalue weighted by Gasteiger charge is 2.37. The number of Topliss-reactive ketones (excluding diaryl/α,β-unsaturated/α-hetero) is 1. The SMILES string of the molecule is CC(C)(C)CC(=O)C(=O)N1CCCC[C@H]1C(=O)OC(CCCc1ccccc1)CCNC(=S)Nc1ccc(-c2c3ccc(=O)cc-3oc3cc(O)ccc23)c(C(=O)O)c1. The van der Waals surface area contributed by atoms with Crippen molar-refractivity contribution in [2.24, 2.45) is 5.41 Å². The molecule has 1 unspecified atom stereocenters. The van der Waals surface area contributed by atoms with Crippen LogP contribution in [0.15, 0.2) is 94.1 Å². The minimum absolute atomic E-state index is 0.0355. The maximum Gasteiger partial charge on any atom is 0.336 e. The van der Waals surface area contributed by atoms with Gasteiger partial charge in [0.1, 0.15) is 29.2 Å². The standard InChI is InChI=1S/C46H49N3O9S/c1-46(2,3)27-38(52)42(53)49-23-8-7-14-37(49)44(56)57-32(13-9-12-28-10-5-4-6-11-28)21-22-47-45(59)48-29-15-18-33(36(24-29)43(54)55)41-34-19-16-30(50)25-39(34)58-40-26-31(51)17-20-35(40)41/h4-6,10-11,15-20,24-26,32,37,50H,7-9,12-14,21-23,27H2,1-3H3,(H,54,55)(H2,47,48,59)/t32?,37-/m0/s1. The van der Waals surface area contributed by atoms with Crippen LogP contribution in [0.1, 0.15) is 81.6 Å². The number of carboxylic acid groups (broad SMARTS) is 1. The first kappa shape index (κ1) is 42.5. The Balaban J connectivity index is 1.15. The highest BCUT2D eigenvalue weighted by atomic mass is 32.1. The van der Waals surface area contributed by atoms with Crippen LogP contribution in [0.4, 0.5) is 5.69 Å². The van der Waals surface area contributed by atoms with E-state index < -0.39 is 35.8 Å². The highest BCUT2D eigenvalue weighted by Crippen LogP contribution is 2.42. The van der Waals surface area contributed by atoms with Gasteiger partial charge in [-0.2, -0.15) is 0 Å². The summed E-state index contributed by atoms with van der Waals surface area (Å²) in [6.45, 7) is 6.32. The van der Waals surface area contributed by atoms with Crippen molar-refractivity contribution in [2.75, 3.05) is 18.4 Å². The van der Waals surface area contributed by atoms with Crippen molar-refractivity contribution in [2.45, 2.75) is 84.3 Å². The van der Waals surface area contributed by atoms with E-state index in [9.17, 15) is 34.2 Å². The van der Waals surface area contributed by atoms with E-state index in [0.29, 0.717) is 66.5 Å². The second kappa shape index (κ2) is 18.7. The van der Waals surface area contributed by atoms with E-state index in [1.807, 2.05) is 51.1 Å². The average Bonchev–Trinajstić information content (AvgIpc) is 3.19. The summed E-state index contributed by atoms with van der Waals surface area (Å²) in [6.07, 6.45) is 3.91. The number of hydrogen-bond acceptors (Lipinski definition) is 9. The average molecular weight is 820 g/mol. The Hall–Kier alpha value is -6.08. The molecule has 3 aliphatic rings. The van der Waals surface area contributed by atoms with Gasteiger partial charge in [0.25, 0.3) is 5.91 Å². The number of benzene rings is 4. The van der Waals surface area contributed by atoms with Gasteiger partial charge in [-0.25, -0.2) is 9.59 Å². The van der Waals surface area contributed by atoms with Gasteiger partial charge in [0, 0.05) is 60.3 Å². The smallest absolute Gasteiger partial charge is 0.336 e. The number of hydrogen-bond donors (Lipinski definition) is 4. The molecular formula is C46H49N3O9S. The lowest BCUT2D eigenvalue weighted by atomic mass is 9.89. The summed E-state index contributed by atoms with van der Waals surface area (Å²) < 4.78 is 12.0. The zero-order chi connectivity index (χ0) is 42.3. The minimum atomic E-state index is -1.19. The Bertz CT molecular complexity index is 2390. The predicted octanol–water partition coefficient (Wildman–Crippen LogP) is 7.97. The fourth-order valence-electron chi connectivity index (χ4n) is 7.51. The van der Waals surface area contributed by atoms with Crippen LogP contribution in [-0.4, -0.2) is 69.1 Å². The zero-order valence-electron chi connectivity index (χ0n) is 33.4. The van der Waals surface area contributed by atoms with Gasteiger partial charge in [0.15, 0.2) is 10.5 Å². The van der Waals surface area contributed by atoms with Gasteiger partial charge in [-0.15, -0.1) is 0 Å². The summed E-state index contributed by atoms with van der Waals surface area (Å²) in [5.41, 5.74) is 2.58. The number of rotatable bonds is 14. The van der Waals surface area contributed by atoms with Crippen LogP contribution in [0.5, 0.6) is 5.75 Å². The number of aromatic carboxylic acids is 1. The minimum Gasteiger partial charge on any atom is -0.508 e. The van der Waals surface area contributed by atoms with Crippen molar-refractivity contribution in [3.05, 3.63) is 106 Å². The molecule has 4 N–H and O–H groups in total. The topological polar surface area (TPSA) is 175 Å². The number of nitrogens with one attached hydrogen (secondary N) is 2. The number of ether oxygens (including phenoxy) is 1. The molecule has 3 aromatic rings. The molecule has 0 saturated carbocycles. The van der Waals surface area contributed by atoms with E-state index in [1.54, 1.807) is 24.3 Å². The van der Waals surface area contributed by atoms with Crippen LogP contribution in [0, 0.1) is 5.41 Å². The lowest BCUT2D eigenvalue weighted by Gasteiger charge is -2.35. The second-order valence-electron chi connectivity index (χ2n) is 16.2. The Morgan fingerprint density at radius 2 is 1.71 bits per heavy atom. The normalized spacial score (nSPS) is 14.8. The van der Waals surface area contributed by atoms with Crippen LogP contribution in [-0.2, 0) is 25.5 Å². The number of ketones is 1. The number of piperidine rings is 1. The van der Waals surface area contributed by atoms with Gasteiger partial charge in [0.05, 0.1) is 5.56 Å². The molecule has 308 valence electrons. The molecule has 0 bridgehead atoms. The number of aryl methyl sites for hydroxylation is 1. The summed E-state index contributed by atoms with van der Waals surface area (Å²) in [7, 11) is 0. The number of likely N-dealkylation sites (tertiary alicyclic amines) is 1. The van der Waals surface area contributed by atoms with Crippen molar-refractivity contribution in [1.82, 2.24) is 10.2 Å².